The van der Waals surface area contributed by atoms with Crippen molar-refractivity contribution in [3.8, 4) is 0 Å². The van der Waals surface area contributed by atoms with Crippen molar-refractivity contribution < 1.29 is 28.9 Å². The van der Waals surface area contributed by atoms with Crippen molar-refractivity contribution in [2.45, 2.75) is 90.1 Å². The van der Waals surface area contributed by atoms with E-state index in [1.165, 1.54) is 21.1 Å². The Bertz CT molecular complexity index is 349. The second-order valence-corrected chi connectivity index (χ2v) is 5.27. The van der Waals surface area contributed by atoms with Gasteiger partial charge < -0.3 is 30.7 Å². The molecular formula is C17H37FN2O5. The van der Waals surface area contributed by atoms with Gasteiger partial charge in [-0.2, -0.15) is 0 Å². The third kappa shape index (κ3) is 7.53. The van der Waals surface area contributed by atoms with Gasteiger partial charge in [0.05, 0.1) is 6.04 Å². The number of hydrogen-bond donors (Lipinski definition) is 4. The summed E-state index contributed by atoms with van der Waals surface area (Å²) in [6.07, 6.45) is -5.44. The van der Waals surface area contributed by atoms with Crippen LogP contribution in [0.4, 0.5) is 4.39 Å². The van der Waals surface area contributed by atoms with Crippen molar-refractivity contribution in [1.29, 1.82) is 0 Å². The van der Waals surface area contributed by atoms with E-state index in [1.54, 1.807) is 0 Å². The van der Waals surface area contributed by atoms with Gasteiger partial charge in [0.15, 0.2) is 6.10 Å². The first-order chi connectivity index (χ1) is 11.9. The molecule has 0 aliphatic heterocycles. The van der Waals surface area contributed by atoms with E-state index in [4.69, 9.17) is 15.2 Å². The molecule has 0 spiro atoms. The molecule has 7 nitrogen and oxygen atoms in total. The average Bonchev–Trinajstić information content (AvgIpc) is 2.65. The Kier molecular flexibility index (Phi) is 15.2. The Labute approximate surface area is 151 Å². The van der Waals surface area contributed by atoms with E-state index in [0.29, 0.717) is 0 Å². The Hall–Kier alpha value is -0.800. The molecule has 1 fully saturated rings. The largest absolute Gasteiger partial charge is 0.388 e. The van der Waals surface area contributed by atoms with Crippen LogP contribution < -0.4 is 11.1 Å². The number of halogens is 1. The highest BCUT2D eigenvalue weighted by atomic mass is 19.1. The summed E-state index contributed by atoms with van der Waals surface area (Å²) in [6.45, 7) is 9.52. The fourth-order valence-electron chi connectivity index (χ4n) is 2.62. The van der Waals surface area contributed by atoms with Crippen molar-refractivity contribution in [1.82, 2.24) is 5.32 Å². The lowest BCUT2D eigenvalue weighted by atomic mass is 9.84. The molecule has 5 N–H and O–H groups in total. The van der Waals surface area contributed by atoms with Crippen molar-refractivity contribution in [2.75, 3.05) is 14.2 Å². The lowest BCUT2D eigenvalue weighted by Gasteiger charge is -2.42. The lowest BCUT2D eigenvalue weighted by Crippen LogP contribution is -2.64. The van der Waals surface area contributed by atoms with Gasteiger partial charge in [0.25, 0.3) is 5.91 Å². The van der Waals surface area contributed by atoms with E-state index >= 15 is 0 Å². The second-order valence-electron chi connectivity index (χ2n) is 5.27. The van der Waals surface area contributed by atoms with Gasteiger partial charge in [-0.25, -0.2) is 4.39 Å². The molecule has 1 saturated carbocycles. The first-order valence-electron chi connectivity index (χ1n) is 8.99. The van der Waals surface area contributed by atoms with E-state index in [9.17, 15) is 19.4 Å². The first kappa shape index (κ1) is 26.4. The Morgan fingerprint density at radius 3 is 2.12 bits per heavy atom. The molecule has 0 saturated heterocycles. The van der Waals surface area contributed by atoms with Crippen LogP contribution in [-0.4, -0.2) is 73.0 Å². The highest BCUT2D eigenvalue weighted by Crippen LogP contribution is 2.24. The second kappa shape index (κ2) is 14.4. The molecule has 0 aromatic rings. The van der Waals surface area contributed by atoms with Gasteiger partial charge >= 0.3 is 0 Å². The van der Waals surface area contributed by atoms with Crippen LogP contribution in [-0.2, 0) is 14.3 Å². The maximum atomic E-state index is 13.3. The van der Waals surface area contributed by atoms with Gasteiger partial charge in [-0.3, -0.25) is 4.79 Å². The summed E-state index contributed by atoms with van der Waals surface area (Å²) in [7, 11) is 2.86. The van der Waals surface area contributed by atoms with Gasteiger partial charge in [-0.05, 0) is 12.8 Å². The van der Waals surface area contributed by atoms with Crippen LogP contribution in [0.25, 0.3) is 0 Å². The molecule has 1 aliphatic carbocycles. The number of carbonyl (C=O) groups excluding carboxylic acids is 1. The Morgan fingerprint density at radius 2 is 1.72 bits per heavy atom. The summed E-state index contributed by atoms with van der Waals surface area (Å²) in [5.41, 5.74) is 5.94. The standard InChI is InChI=1S/C13H25FN2O5.2C2H6/c1-4-6(14)9(17)13(19)16-8-5-7(15)11(20-2)12(21-3)10(8)18;2*1-2/h6-12,17-18H,4-5,15H2,1-3H3,(H,16,19);2*1-2H3/t6-,7+,8-,9+,10+,11-,12-;;/m1../s1. The number of alkyl halides is 1. The summed E-state index contributed by atoms with van der Waals surface area (Å²) >= 11 is 0. The summed E-state index contributed by atoms with van der Waals surface area (Å²) in [5.74, 6) is -0.869. The highest BCUT2D eigenvalue weighted by molar-refractivity contribution is 5.81. The van der Waals surface area contributed by atoms with Crippen molar-refractivity contribution in [3.63, 3.8) is 0 Å². The van der Waals surface area contributed by atoms with Crippen LogP contribution in [0.1, 0.15) is 47.5 Å². The molecule has 25 heavy (non-hydrogen) atoms. The molecule has 1 rings (SSSR count). The monoisotopic (exact) mass is 368 g/mol. The van der Waals surface area contributed by atoms with E-state index in [-0.39, 0.29) is 12.8 Å². The van der Waals surface area contributed by atoms with Gasteiger partial charge in [0.1, 0.15) is 24.5 Å². The molecule has 1 amide bonds. The quantitative estimate of drug-likeness (QED) is 0.550. The van der Waals surface area contributed by atoms with Crippen LogP contribution in [0.5, 0.6) is 0 Å². The maximum absolute atomic E-state index is 13.3. The predicted molar refractivity (Wildman–Crippen MR) is 96.0 cm³/mol. The van der Waals surface area contributed by atoms with Crippen molar-refractivity contribution >= 4 is 5.91 Å². The molecule has 0 bridgehead atoms. The SMILES string of the molecule is CC.CC.CC[C@@H](F)[C@H](O)C(=O)N[C@@H]1C[C@H](N)[C@@H](OC)[C@H](OC)[C@H]1O. The van der Waals surface area contributed by atoms with Gasteiger partial charge in [-0.15, -0.1) is 0 Å². The van der Waals surface area contributed by atoms with E-state index < -0.39 is 48.6 Å². The molecule has 0 aromatic carbocycles. The number of hydrogen-bond acceptors (Lipinski definition) is 6. The number of methoxy groups -OCH3 is 2. The van der Waals surface area contributed by atoms with Crippen LogP contribution in [0.2, 0.25) is 0 Å². The number of nitrogens with two attached hydrogens (primary N) is 1. The minimum absolute atomic E-state index is 0.0216. The Balaban J connectivity index is 0. The van der Waals surface area contributed by atoms with Crippen LogP contribution in [0, 0.1) is 0 Å². The molecule has 0 heterocycles. The fourth-order valence-corrected chi connectivity index (χ4v) is 2.62. The number of aliphatic hydroxyl groups excluding tert-OH is 2. The third-order valence-corrected chi connectivity index (χ3v) is 3.89. The minimum Gasteiger partial charge on any atom is -0.388 e. The maximum Gasteiger partial charge on any atom is 0.252 e. The van der Waals surface area contributed by atoms with Crippen molar-refractivity contribution in [3.05, 3.63) is 0 Å². The van der Waals surface area contributed by atoms with Crippen LogP contribution >= 0.6 is 0 Å². The number of ether oxygens (including phenoxy) is 2. The molecule has 7 atom stereocenters. The summed E-state index contributed by atoms with van der Waals surface area (Å²) in [6, 6.07) is -1.19. The zero-order valence-electron chi connectivity index (χ0n) is 16.5. The first-order valence-corrected chi connectivity index (χ1v) is 8.99. The lowest BCUT2D eigenvalue weighted by molar-refractivity contribution is -0.147. The third-order valence-electron chi connectivity index (χ3n) is 3.89. The fraction of sp³-hybridized carbons (Fsp3) is 0.941. The van der Waals surface area contributed by atoms with Gasteiger partial charge in [0, 0.05) is 20.3 Å². The normalized spacial score (nSPS) is 30.8. The number of amides is 1. The molecule has 1 aliphatic rings. The molecule has 0 radical (unpaired) electrons. The van der Waals surface area contributed by atoms with E-state index in [2.05, 4.69) is 5.32 Å². The molecule has 152 valence electrons. The molecular weight excluding hydrogens is 331 g/mol. The summed E-state index contributed by atoms with van der Waals surface area (Å²) in [4.78, 5) is 11.8. The summed E-state index contributed by atoms with van der Waals surface area (Å²) in [5, 5.41) is 22.2. The molecule has 8 heteroatoms. The van der Waals surface area contributed by atoms with Gasteiger partial charge in [-0.1, -0.05) is 34.6 Å². The van der Waals surface area contributed by atoms with Crippen LogP contribution in [0.15, 0.2) is 0 Å². The number of nitrogens with one attached hydrogen (secondary N) is 1. The predicted octanol–water partition coefficient (Wildman–Crippen LogP) is 0.755. The summed E-state index contributed by atoms with van der Waals surface area (Å²) < 4.78 is 23.7. The van der Waals surface area contributed by atoms with E-state index in [0.717, 1.165) is 0 Å². The molecule has 0 aromatic heterocycles. The van der Waals surface area contributed by atoms with Gasteiger partial charge in [0.2, 0.25) is 0 Å². The van der Waals surface area contributed by atoms with Crippen LogP contribution in [0.3, 0.4) is 0 Å². The zero-order chi connectivity index (χ0) is 20.2. The topological polar surface area (TPSA) is 114 Å². The Morgan fingerprint density at radius 1 is 1.24 bits per heavy atom. The highest BCUT2D eigenvalue weighted by Gasteiger charge is 2.44. The number of carbonyl (C=O) groups is 1. The minimum atomic E-state index is -1.76. The number of rotatable bonds is 6. The molecule has 0 unspecified atom stereocenters. The average molecular weight is 368 g/mol. The zero-order valence-corrected chi connectivity index (χ0v) is 16.5. The van der Waals surface area contributed by atoms with E-state index in [1.807, 2.05) is 27.7 Å². The van der Waals surface area contributed by atoms with Crippen molar-refractivity contribution in [2.24, 2.45) is 5.73 Å². The number of aliphatic hydroxyl groups is 2. The smallest absolute Gasteiger partial charge is 0.252 e.